The molecule has 2 aromatic carbocycles. The van der Waals surface area contributed by atoms with Gasteiger partial charge in [0, 0.05) is 18.2 Å². The fourth-order valence-corrected chi connectivity index (χ4v) is 4.09. The van der Waals surface area contributed by atoms with Crippen LogP contribution in [0.2, 0.25) is 0 Å². The van der Waals surface area contributed by atoms with E-state index in [-0.39, 0.29) is 24.6 Å². The zero-order chi connectivity index (χ0) is 28.0. The molecule has 0 heterocycles. The lowest BCUT2D eigenvalue weighted by Crippen LogP contribution is -2.53. The van der Waals surface area contributed by atoms with Crippen LogP contribution in [-0.4, -0.2) is 51.5 Å². The standard InChI is InChI=1S/C28H36N4O6/c1-17-8-5-6-11-21(17)30-25(35)24(18-9-7-10-20(33)16-18)32(19-12-13-19)26(36)22(14-15-23(29)34)31-27(37)38-28(2,3)4/h5-11,16,19,22,24,33H,12-15H2,1-4H3,(H2,29,34)(H,30,35)(H,31,37). The van der Waals surface area contributed by atoms with Gasteiger partial charge in [0.15, 0.2) is 0 Å². The van der Waals surface area contributed by atoms with Gasteiger partial charge >= 0.3 is 6.09 Å². The second-order valence-corrected chi connectivity index (χ2v) is 10.5. The Morgan fingerprint density at radius 1 is 1.11 bits per heavy atom. The van der Waals surface area contributed by atoms with Crippen molar-refractivity contribution in [3.8, 4) is 5.75 Å². The lowest BCUT2D eigenvalue weighted by molar-refractivity contribution is -0.141. The van der Waals surface area contributed by atoms with Crippen LogP contribution in [0, 0.1) is 6.92 Å². The van der Waals surface area contributed by atoms with Crippen LogP contribution in [0.4, 0.5) is 10.5 Å². The van der Waals surface area contributed by atoms with Crippen LogP contribution >= 0.6 is 0 Å². The molecule has 38 heavy (non-hydrogen) atoms. The predicted molar refractivity (Wildman–Crippen MR) is 142 cm³/mol. The number of anilines is 1. The number of para-hydroxylation sites is 1. The molecule has 1 aliphatic carbocycles. The van der Waals surface area contributed by atoms with Gasteiger partial charge in [-0.05, 0) is 76.3 Å². The van der Waals surface area contributed by atoms with Crippen LogP contribution in [0.1, 0.15) is 63.6 Å². The Hall–Kier alpha value is -4.08. The molecule has 4 amide bonds. The van der Waals surface area contributed by atoms with Gasteiger partial charge < -0.3 is 31.1 Å². The highest BCUT2D eigenvalue weighted by atomic mass is 16.6. The zero-order valence-electron chi connectivity index (χ0n) is 22.2. The van der Waals surface area contributed by atoms with Gasteiger partial charge in [-0.25, -0.2) is 4.79 Å². The van der Waals surface area contributed by atoms with Crippen LogP contribution in [0.15, 0.2) is 48.5 Å². The molecular formula is C28H36N4O6. The molecule has 10 nitrogen and oxygen atoms in total. The van der Waals surface area contributed by atoms with Crippen LogP contribution < -0.4 is 16.4 Å². The number of aromatic hydroxyl groups is 1. The van der Waals surface area contributed by atoms with E-state index in [0.29, 0.717) is 24.1 Å². The van der Waals surface area contributed by atoms with Crippen LogP contribution in [0.25, 0.3) is 0 Å². The molecular weight excluding hydrogens is 488 g/mol. The SMILES string of the molecule is Cc1ccccc1NC(=O)C(c1cccc(O)c1)N(C(=O)C(CCC(N)=O)NC(=O)OC(C)(C)C)C1CC1. The van der Waals surface area contributed by atoms with E-state index in [4.69, 9.17) is 10.5 Å². The number of aryl methyl sites for hydroxylation is 1. The predicted octanol–water partition coefficient (Wildman–Crippen LogP) is 3.53. The zero-order valence-corrected chi connectivity index (χ0v) is 22.2. The third kappa shape index (κ3) is 7.96. The van der Waals surface area contributed by atoms with Crippen LogP contribution in [0.5, 0.6) is 5.75 Å². The number of carbonyl (C=O) groups excluding carboxylic acids is 4. The molecule has 1 saturated carbocycles. The number of hydrogen-bond acceptors (Lipinski definition) is 6. The average molecular weight is 525 g/mol. The smallest absolute Gasteiger partial charge is 0.408 e. The van der Waals surface area contributed by atoms with Gasteiger partial charge in [0.25, 0.3) is 5.91 Å². The summed E-state index contributed by atoms with van der Waals surface area (Å²) in [5.41, 5.74) is 6.36. The maximum absolute atomic E-state index is 14.0. The van der Waals surface area contributed by atoms with E-state index in [1.54, 1.807) is 45.0 Å². The van der Waals surface area contributed by atoms with E-state index in [1.165, 1.54) is 17.0 Å². The minimum Gasteiger partial charge on any atom is -0.508 e. The Morgan fingerprint density at radius 2 is 1.79 bits per heavy atom. The minimum atomic E-state index is -1.16. The molecule has 0 radical (unpaired) electrons. The van der Waals surface area contributed by atoms with Crippen molar-refractivity contribution in [3.63, 3.8) is 0 Å². The number of primary amides is 1. The summed E-state index contributed by atoms with van der Waals surface area (Å²) in [7, 11) is 0. The first-order chi connectivity index (χ1) is 17.9. The molecule has 0 aromatic heterocycles. The quantitative estimate of drug-likeness (QED) is 0.373. The fourth-order valence-electron chi connectivity index (χ4n) is 4.09. The molecule has 10 heteroatoms. The summed E-state index contributed by atoms with van der Waals surface area (Å²) >= 11 is 0. The summed E-state index contributed by atoms with van der Waals surface area (Å²) in [5.74, 6) is -1.71. The normalized spacial score (nSPS) is 14.6. The highest BCUT2D eigenvalue weighted by molar-refractivity contribution is 5.99. The number of ether oxygens (including phenoxy) is 1. The maximum atomic E-state index is 14.0. The van der Waals surface area contributed by atoms with Crippen molar-refractivity contribution in [1.29, 1.82) is 0 Å². The second-order valence-electron chi connectivity index (χ2n) is 10.5. The van der Waals surface area contributed by atoms with E-state index in [1.807, 2.05) is 19.1 Å². The third-order valence-electron chi connectivity index (χ3n) is 5.98. The first-order valence-electron chi connectivity index (χ1n) is 12.6. The number of benzene rings is 2. The average Bonchev–Trinajstić information content (AvgIpc) is 3.65. The Kier molecular flexibility index (Phi) is 8.98. The number of phenols is 1. The molecule has 204 valence electrons. The molecule has 5 N–H and O–H groups in total. The lowest BCUT2D eigenvalue weighted by Gasteiger charge is -2.34. The molecule has 2 atom stereocenters. The van der Waals surface area contributed by atoms with Crippen molar-refractivity contribution in [3.05, 3.63) is 59.7 Å². The van der Waals surface area contributed by atoms with Gasteiger partial charge in [-0.2, -0.15) is 0 Å². The monoisotopic (exact) mass is 524 g/mol. The Balaban J connectivity index is 1.99. The largest absolute Gasteiger partial charge is 0.508 e. The molecule has 0 bridgehead atoms. The van der Waals surface area contributed by atoms with Gasteiger partial charge in [0.05, 0.1) is 0 Å². The Bertz CT molecular complexity index is 1190. The van der Waals surface area contributed by atoms with Crippen LogP contribution in [0.3, 0.4) is 0 Å². The van der Waals surface area contributed by atoms with E-state index >= 15 is 0 Å². The highest BCUT2D eigenvalue weighted by Gasteiger charge is 2.44. The van der Waals surface area contributed by atoms with Gasteiger partial charge in [0.2, 0.25) is 11.8 Å². The fraction of sp³-hybridized carbons (Fsp3) is 0.429. The third-order valence-corrected chi connectivity index (χ3v) is 5.98. The first kappa shape index (κ1) is 28.5. The molecule has 0 aliphatic heterocycles. The van der Waals surface area contributed by atoms with Crippen molar-refractivity contribution < 1.29 is 29.0 Å². The molecule has 0 spiro atoms. The van der Waals surface area contributed by atoms with Crippen molar-refractivity contribution in [2.75, 3.05) is 5.32 Å². The van der Waals surface area contributed by atoms with E-state index in [9.17, 15) is 24.3 Å². The Morgan fingerprint density at radius 3 is 2.37 bits per heavy atom. The summed E-state index contributed by atoms with van der Waals surface area (Å²) in [6, 6.07) is 10.9. The molecule has 1 fully saturated rings. The minimum absolute atomic E-state index is 0.0588. The number of hydrogen-bond donors (Lipinski definition) is 4. The highest BCUT2D eigenvalue weighted by Crippen LogP contribution is 2.37. The molecule has 2 aromatic rings. The number of alkyl carbamates (subject to hydrolysis) is 1. The van der Waals surface area contributed by atoms with E-state index in [0.717, 1.165) is 5.56 Å². The van der Waals surface area contributed by atoms with Crippen molar-refractivity contribution in [1.82, 2.24) is 10.2 Å². The molecule has 1 aliphatic rings. The molecule has 0 saturated heterocycles. The summed E-state index contributed by atoms with van der Waals surface area (Å²) in [6.45, 7) is 6.93. The van der Waals surface area contributed by atoms with Gasteiger partial charge in [-0.15, -0.1) is 0 Å². The summed E-state index contributed by atoms with van der Waals surface area (Å²) in [5, 5.41) is 15.6. The van der Waals surface area contributed by atoms with Crippen molar-refractivity contribution >= 4 is 29.5 Å². The Labute approximate surface area is 222 Å². The molecule has 3 rings (SSSR count). The topological polar surface area (TPSA) is 151 Å². The van der Waals surface area contributed by atoms with Crippen molar-refractivity contribution in [2.24, 2.45) is 5.73 Å². The second kappa shape index (κ2) is 12.0. The van der Waals surface area contributed by atoms with Gasteiger partial charge in [-0.1, -0.05) is 30.3 Å². The number of rotatable bonds is 10. The van der Waals surface area contributed by atoms with Gasteiger partial charge in [-0.3, -0.25) is 14.4 Å². The summed E-state index contributed by atoms with van der Waals surface area (Å²) in [6.07, 6.45) is 0.274. The van der Waals surface area contributed by atoms with E-state index in [2.05, 4.69) is 10.6 Å². The van der Waals surface area contributed by atoms with Crippen molar-refractivity contribution in [2.45, 2.75) is 77.1 Å². The number of amides is 4. The van der Waals surface area contributed by atoms with Gasteiger partial charge in [0.1, 0.15) is 23.4 Å². The van der Waals surface area contributed by atoms with E-state index < -0.39 is 41.5 Å². The maximum Gasteiger partial charge on any atom is 0.408 e. The van der Waals surface area contributed by atoms with Crippen LogP contribution in [-0.2, 0) is 19.1 Å². The number of nitrogens with one attached hydrogen (secondary N) is 2. The lowest BCUT2D eigenvalue weighted by atomic mass is 10.0. The number of nitrogens with zero attached hydrogens (tertiary/aromatic N) is 1. The summed E-state index contributed by atoms with van der Waals surface area (Å²) in [4.78, 5) is 53.4. The molecule has 2 unspecified atom stereocenters. The number of phenolic OH excluding ortho intramolecular Hbond substituents is 1. The number of nitrogens with two attached hydrogens (primary N) is 1. The first-order valence-corrected chi connectivity index (χ1v) is 12.6. The number of carbonyl (C=O) groups is 4. The summed E-state index contributed by atoms with van der Waals surface area (Å²) < 4.78 is 5.33.